The minimum Gasteiger partial charge on any atom is -0.301 e. The van der Waals surface area contributed by atoms with Gasteiger partial charge in [-0.25, -0.2) is 0 Å². The van der Waals surface area contributed by atoms with Crippen LogP contribution in [0.3, 0.4) is 0 Å². The van der Waals surface area contributed by atoms with Gasteiger partial charge in [0.05, 0.1) is 6.07 Å². The second-order valence-corrected chi connectivity index (χ2v) is 5.52. The lowest BCUT2D eigenvalue weighted by molar-refractivity contribution is 0.201. The molecule has 0 bridgehead atoms. The molecule has 1 rings (SSSR count). The Balaban J connectivity index is 2.63. The Bertz CT molecular complexity index is 269. The third kappa shape index (κ3) is 3.69. The molecule has 1 N–H and O–H groups in total. The molecule has 0 radical (unpaired) electrons. The van der Waals surface area contributed by atoms with Crippen LogP contribution in [0.25, 0.3) is 0 Å². The van der Waals surface area contributed by atoms with Crippen molar-refractivity contribution in [3.8, 4) is 6.07 Å². The summed E-state index contributed by atoms with van der Waals surface area (Å²) >= 11 is 0. The summed E-state index contributed by atoms with van der Waals surface area (Å²) in [6.07, 6.45) is 4.32. The van der Waals surface area contributed by atoms with Crippen LogP contribution in [0.4, 0.5) is 0 Å². The van der Waals surface area contributed by atoms with Crippen molar-refractivity contribution >= 4 is 0 Å². The predicted molar refractivity (Wildman–Crippen MR) is 71.8 cm³/mol. The van der Waals surface area contributed by atoms with Gasteiger partial charge in [-0.15, -0.1) is 0 Å². The van der Waals surface area contributed by atoms with E-state index < -0.39 is 0 Å². The minimum atomic E-state index is -0.278. The third-order valence-electron chi connectivity index (χ3n) is 3.70. The van der Waals surface area contributed by atoms with Crippen LogP contribution < -0.4 is 5.32 Å². The van der Waals surface area contributed by atoms with Crippen molar-refractivity contribution in [1.82, 2.24) is 10.2 Å². The fourth-order valence-electron chi connectivity index (χ4n) is 3.03. The average molecular weight is 237 g/mol. The van der Waals surface area contributed by atoms with Gasteiger partial charge in [-0.05, 0) is 52.6 Å². The van der Waals surface area contributed by atoms with Crippen LogP contribution in [0.5, 0.6) is 0 Å². The van der Waals surface area contributed by atoms with E-state index in [1.165, 1.54) is 6.42 Å². The molecule has 1 aliphatic carbocycles. The van der Waals surface area contributed by atoms with Crippen molar-refractivity contribution < 1.29 is 0 Å². The molecular formula is C14H27N3. The number of hydrogen-bond acceptors (Lipinski definition) is 3. The first-order chi connectivity index (χ1) is 8.06. The van der Waals surface area contributed by atoms with Crippen molar-refractivity contribution in [3.05, 3.63) is 0 Å². The lowest BCUT2D eigenvalue weighted by Gasteiger charge is -2.30. The Kier molecular flexibility index (Phi) is 5.42. The fourth-order valence-corrected chi connectivity index (χ4v) is 3.03. The summed E-state index contributed by atoms with van der Waals surface area (Å²) in [6, 6.07) is 3.49. The van der Waals surface area contributed by atoms with E-state index in [0.29, 0.717) is 12.1 Å². The normalized spacial score (nSPS) is 28.9. The van der Waals surface area contributed by atoms with Crippen LogP contribution in [0.2, 0.25) is 0 Å². The van der Waals surface area contributed by atoms with E-state index in [1.807, 2.05) is 0 Å². The van der Waals surface area contributed by atoms with Gasteiger partial charge in [0.25, 0.3) is 0 Å². The van der Waals surface area contributed by atoms with Crippen LogP contribution in [0.15, 0.2) is 0 Å². The van der Waals surface area contributed by atoms with Gasteiger partial charge >= 0.3 is 0 Å². The van der Waals surface area contributed by atoms with Crippen molar-refractivity contribution in [3.63, 3.8) is 0 Å². The van der Waals surface area contributed by atoms with E-state index in [9.17, 15) is 5.26 Å². The summed E-state index contributed by atoms with van der Waals surface area (Å²) in [6.45, 7) is 10.9. The van der Waals surface area contributed by atoms with Gasteiger partial charge < -0.3 is 4.90 Å². The molecule has 2 unspecified atom stereocenters. The first-order valence-electron chi connectivity index (χ1n) is 7.00. The quantitative estimate of drug-likeness (QED) is 0.771. The Labute approximate surface area is 106 Å². The van der Waals surface area contributed by atoms with Crippen molar-refractivity contribution in [2.75, 3.05) is 13.1 Å². The van der Waals surface area contributed by atoms with Gasteiger partial charge in [0, 0.05) is 12.1 Å². The molecule has 0 saturated heterocycles. The van der Waals surface area contributed by atoms with Crippen molar-refractivity contribution in [2.45, 2.75) is 71.0 Å². The maximum absolute atomic E-state index is 9.44. The fraction of sp³-hybridized carbons (Fsp3) is 0.929. The molecule has 2 atom stereocenters. The molecule has 1 fully saturated rings. The molecular weight excluding hydrogens is 210 g/mol. The Hall–Kier alpha value is -0.590. The summed E-state index contributed by atoms with van der Waals surface area (Å²) in [7, 11) is 0. The maximum Gasteiger partial charge on any atom is 0.108 e. The van der Waals surface area contributed by atoms with E-state index in [4.69, 9.17) is 0 Å². The summed E-state index contributed by atoms with van der Waals surface area (Å²) in [5.41, 5.74) is -0.278. The smallest absolute Gasteiger partial charge is 0.108 e. The van der Waals surface area contributed by atoms with Gasteiger partial charge in [-0.2, -0.15) is 5.26 Å². The Morgan fingerprint density at radius 3 is 2.65 bits per heavy atom. The van der Waals surface area contributed by atoms with Crippen molar-refractivity contribution in [2.24, 2.45) is 0 Å². The highest BCUT2D eigenvalue weighted by Gasteiger charge is 2.41. The second kappa shape index (κ2) is 6.37. The summed E-state index contributed by atoms with van der Waals surface area (Å²) in [5, 5.41) is 12.9. The third-order valence-corrected chi connectivity index (χ3v) is 3.70. The summed E-state index contributed by atoms with van der Waals surface area (Å²) in [4.78, 5) is 2.53. The lowest BCUT2D eigenvalue weighted by atomic mass is 9.98. The molecule has 1 saturated carbocycles. The van der Waals surface area contributed by atoms with E-state index in [-0.39, 0.29) is 5.54 Å². The minimum absolute atomic E-state index is 0.278. The van der Waals surface area contributed by atoms with Crippen LogP contribution in [0, 0.1) is 11.3 Å². The van der Waals surface area contributed by atoms with Crippen LogP contribution >= 0.6 is 0 Å². The number of hydrogen-bond donors (Lipinski definition) is 1. The zero-order valence-corrected chi connectivity index (χ0v) is 11.8. The largest absolute Gasteiger partial charge is 0.301 e. The van der Waals surface area contributed by atoms with Gasteiger partial charge in [-0.1, -0.05) is 13.8 Å². The number of nitrogens with one attached hydrogen (secondary N) is 1. The SMILES string of the molecule is CCCN(CC)C1CCC(C#N)(NC(C)C)C1. The number of nitrogens with zero attached hydrogens (tertiary/aromatic N) is 2. The molecule has 3 heteroatoms. The molecule has 1 aliphatic rings. The van der Waals surface area contributed by atoms with Crippen LogP contribution in [0.1, 0.15) is 53.4 Å². The zero-order valence-electron chi connectivity index (χ0n) is 11.8. The first-order valence-corrected chi connectivity index (χ1v) is 7.00. The zero-order chi connectivity index (χ0) is 12.9. The highest BCUT2D eigenvalue weighted by Crippen LogP contribution is 2.33. The van der Waals surface area contributed by atoms with E-state index in [1.54, 1.807) is 0 Å². The number of rotatable bonds is 6. The monoisotopic (exact) mass is 237 g/mol. The van der Waals surface area contributed by atoms with Crippen LogP contribution in [-0.2, 0) is 0 Å². The van der Waals surface area contributed by atoms with Crippen molar-refractivity contribution in [1.29, 1.82) is 5.26 Å². The standard InChI is InChI=1S/C14H27N3/c1-5-9-17(6-2)13-7-8-14(10-13,11-15)16-12(3)4/h12-13,16H,5-10H2,1-4H3. The van der Waals surface area contributed by atoms with Gasteiger partial charge in [0.2, 0.25) is 0 Å². The Morgan fingerprint density at radius 2 is 2.18 bits per heavy atom. The first kappa shape index (κ1) is 14.5. The average Bonchev–Trinajstić information content (AvgIpc) is 2.70. The highest BCUT2D eigenvalue weighted by atomic mass is 15.2. The molecule has 0 aromatic rings. The van der Waals surface area contributed by atoms with Gasteiger partial charge in [0.15, 0.2) is 0 Å². The molecule has 0 aromatic carbocycles. The van der Waals surface area contributed by atoms with Gasteiger partial charge in [-0.3, -0.25) is 5.32 Å². The predicted octanol–water partition coefficient (Wildman–Crippen LogP) is 2.53. The Morgan fingerprint density at radius 1 is 1.47 bits per heavy atom. The summed E-state index contributed by atoms with van der Waals surface area (Å²) < 4.78 is 0. The molecule has 0 spiro atoms. The van der Waals surface area contributed by atoms with Crippen LogP contribution in [-0.4, -0.2) is 35.6 Å². The molecule has 98 valence electrons. The van der Waals surface area contributed by atoms with E-state index >= 15 is 0 Å². The molecule has 0 heterocycles. The molecule has 17 heavy (non-hydrogen) atoms. The van der Waals surface area contributed by atoms with Gasteiger partial charge in [0.1, 0.15) is 5.54 Å². The lowest BCUT2D eigenvalue weighted by Crippen LogP contribution is -2.47. The molecule has 0 amide bonds. The molecule has 0 aromatic heterocycles. The molecule has 0 aliphatic heterocycles. The maximum atomic E-state index is 9.44. The highest BCUT2D eigenvalue weighted by molar-refractivity contribution is 5.13. The number of nitriles is 1. The van der Waals surface area contributed by atoms with E-state index in [2.05, 4.69) is 44.0 Å². The molecule has 3 nitrogen and oxygen atoms in total. The second-order valence-electron chi connectivity index (χ2n) is 5.52. The topological polar surface area (TPSA) is 39.1 Å². The summed E-state index contributed by atoms with van der Waals surface area (Å²) in [5.74, 6) is 0. The van der Waals surface area contributed by atoms with E-state index in [0.717, 1.165) is 32.4 Å².